The van der Waals surface area contributed by atoms with Gasteiger partial charge >= 0.3 is 6.09 Å². The van der Waals surface area contributed by atoms with E-state index in [-0.39, 0.29) is 24.8 Å². The molecule has 0 aromatic heterocycles. The number of alkyl carbamates (subject to hydrolysis) is 1. The molecule has 24 heavy (non-hydrogen) atoms. The van der Waals surface area contributed by atoms with E-state index in [1.165, 1.54) is 12.1 Å². The Bertz CT molecular complexity index is 719. The molecule has 1 aliphatic heterocycles. The third kappa shape index (κ3) is 3.90. The van der Waals surface area contributed by atoms with Crippen molar-refractivity contribution in [2.75, 3.05) is 0 Å². The number of ether oxygens (including phenoxy) is 1. The summed E-state index contributed by atoms with van der Waals surface area (Å²) in [6.45, 7) is 0.155. The van der Waals surface area contributed by atoms with Gasteiger partial charge in [0.25, 0.3) is 0 Å². The van der Waals surface area contributed by atoms with Crippen molar-refractivity contribution in [3.63, 3.8) is 0 Å². The average Bonchev–Trinajstić information content (AvgIpc) is 2.95. The average molecular weight is 328 g/mol. The van der Waals surface area contributed by atoms with E-state index in [9.17, 15) is 14.0 Å². The molecule has 1 heterocycles. The van der Waals surface area contributed by atoms with Gasteiger partial charge in [-0.05, 0) is 23.3 Å². The molecule has 2 aromatic rings. The first-order valence-electron chi connectivity index (χ1n) is 7.64. The van der Waals surface area contributed by atoms with Gasteiger partial charge in [0.1, 0.15) is 12.4 Å². The Morgan fingerprint density at radius 3 is 2.58 bits per heavy atom. The topological polar surface area (TPSA) is 67.4 Å². The molecule has 0 unspecified atom stereocenters. The van der Waals surface area contributed by atoms with Crippen molar-refractivity contribution in [2.45, 2.75) is 25.1 Å². The van der Waals surface area contributed by atoms with Crippen LogP contribution >= 0.6 is 0 Å². The van der Waals surface area contributed by atoms with E-state index in [1.54, 1.807) is 12.1 Å². The summed E-state index contributed by atoms with van der Waals surface area (Å²) in [5, 5.41) is 5.49. The van der Waals surface area contributed by atoms with Crippen LogP contribution in [0.25, 0.3) is 0 Å². The van der Waals surface area contributed by atoms with E-state index in [4.69, 9.17) is 4.74 Å². The Labute approximate surface area is 138 Å². The first-order chi connectivity index (χ1) is 11.6. The van der Waals surface area contributed by atoms with E-state index in [1.807, 2.05) is 30.3 Å². The summed E-state index contributed by atoms with van der Waals surface area (Å²) >= 11 is 0. The number of carbonyl (C=O) groups excluding carboxylic acids is 2. The lowest BCUT2D eigenvalue weighted by atomic mass is 10.0. The van der Waals surface area contributed by atoms with Crippen LogP contribution < -0.4 is 10.6 Å². The maximum absolute atomic E-state index is 13.0. The minimum Gasteiger partial charge on any atom is -0.445 e. The Kier molecular flexibility index (Phi) is 4.74. The van der Waals surface area contributed by atoms with Gasteiger partial charge < -0.3 is 15.4 Å². The van der Waals surface area contributed by atoms with Crippen LogP contribution in [0.5, 0.6) is 0 Å². The molecular weight excluding hydrogens is 311 g/mol. The highest BCUT2D eigenvalue weighted by molar-refractivity contribution is 5.81. The van der Waals surface area contributed by atoms with Crippen LogP contribution in [0, 0.1) is 5.82 Å². The van der Waals surface area contributed by atoms with Crippen molar-refractivity contribution in [1.29, 1.82) is 0 Å². The lowest BCUT2D eigenvalue weighted by molar-refractivity contribution is -0.119. The van der Waals surface area contributed by atoms with Gasteiger partial charge in [-0.3, -0.25) is 4.79 Å². The number of carbonyl (C=O) groups is 2. The van der Waals surface area contributed by atoms with Gasteiger partial charge in [-0.15, -0.1) is 0 Å². The summed E-state index contributed by atoms with van der Waals surface area (Å²) in [5.41, 5.74) is 1.61. The van der Waals surface area contributed by atoms with E-state index in [2.05, 4.69) is 10.6 Å². The molecule has 1 fully saturated rings. The van der Waals surface area contributed by atoms with Crippen LogP contribution in [0.15, 0.2) is 54.6 Å². The molecule has 124 valence electrons. The molecule has 1 saturated heterocycles. The highest BCUT2D eigenvalue weighted by atomic mass is 19.1. The molecular formula is C18H17FN2O3. The number of halogens is 1. The molecule has 3 rings (SSSR count). The van der Waals surface area contributed by atoms with Crippen molar-refractivity contribution in [3.05, 3.63) is 71.5 Å². The predicted octanol–water partition coefficient (Wildman–Crippen LogP) is 2.68. The van der Waals surface area contributed by atoms with Gasteiger partial charge in [-0.1, -0.05) is 42.5 Å². The number of rotatable bonds is 4. The molecule has 0 radical (unpaired) electrons. The van der Waals surface area contributed by atoms with Crippen LogP contribution in [-0.4, -0.2) is 18.0 Å². The minimum absolute atomic E-state index is 0.155. The van der Waals surface area contributed by atoms with Crippen molar-refractivity contribution < 1.29 is 18.7 Å². The quantitative estimate of drug-likeness (QED) is 0.907. The maximum atomic E-state index is 13.0. The molecule has 2 amide bonds. The molecule has 5 nitrogen and oxygen atoms in total. The number of nitrogens with one attached hydrogen (secondary N) is 2. The Morgan fingerprint density at radius 2 is 1.88 bits per heavy atom. The van der Waals surface area contributed by atoms with Crippen LogP contribution in [0.1, 0.15) is 23.6 Å². The SMILES string of the molecule is O=C1C[C@H](NC(=O)OCc2ccccc2)[C@@H](c2ccc(F)cc2)N1. The maximum Gasteiger partial charge on any atom is 0.407 e. The first-order valence-corrected chi connectivity index (χ1v) is 7.64. The second kappa shape index (κ2) is 7.12. The molecule has 0 spiro atoms. The van der Waals surface area contributed by atoms with Crippen LogP contribution in [0.3, 0.4) is 0 Å². The molecule has 1 aliphatic rings. The predicted molar refractivity (Wildman–Crippen MR) is 85.5 cm³/mol. The molecule has 0 saturated carbocycles. The van der Waals surface area contributed by atoms with Gasteiger partial charge in [-0.2, -0.15) is 0 Å². The van der Waals surface area contributed by atoms with E-state index >= 15 is 0 Å². The van der Waals surface area contributed by atoms with E-state index < -0.39 is 18.2 Å². The molecule has 0 bridgehead atoms. The molecule has 2 N–H and O–H groups in total. The molecule has 2 atom stereocenters. The van der Waals surface area contributed by atoms with Crippen molar-refractivity contribution >= 4 is 12.0 Å². The number of amides is 2. The summed E-state index contributed by atoms with van der Waals surface area (Å²) in [6, 6.07) is 14.3. The van der Waals surface area contributed by atoms with E-state index in [0.717, 1.165) is 11.1 Å². The largest absolute Gasteiger partial charge is 0.445 e. The summed E-state index contributed by atoms with van der Waals surface area (Å²) in [7, 11) is 0. The number of hydrogen-bond acceptors (Lipinski definition) is 3. The lowest BCUT2D eigenvalue weighted by Crippen LogP contribution is -2.38. The fourth-order valence-electron chi connectivity index (χ4n) is 2.69. The van der Waals surface area contributed by atoms with E-state index in [0.29, 0.717) is 0 Å². The van der Waals surface area contributed by atoms with Gasteiger partial charge in [0.05, 0.1) is 12.1 Å². The zero-order chi connectivity index (χ0) is 16.9. The van der Waals surface area contributed by atoms with Crippen molar-refractivity contribution in [2.24, 2.45) is 0 Å². The summed E-state index contributed by atoms with van der Waals surface area (Å²) in [5.74, 6) is -0.521. The van der Waals surface area contributed by atoms with Crippen LogP contribution in [0.4, 0.5) is 9.18 Å². The summed E-state index contributed by atoms with van der Waals surface area (Å²) in [4.78, 5) is 23.7. The minimum atomic E-state index is -0.590. The molecule has 6 heteroatoms. The second-order valence-corrected chi connectivity index (χ2v) is 5.61. The Balaban J connectivity index is 1.60. The zero-order valence-electron chi connectivity index (χ0n) is 12.9. The first kappa shape index (κ1) is 16.0. The standard InChI is InChI=1S/C18H17FN2O3/c19-14-8-6-13(7-9-14)17-15(10-16(22)21-17)20-18(23)24-11-12-4-2-1-3-5-12/h1-9,15,17H,10-11H2,(H,20,23)(H,21,22)/t15-,17+/m0/s1. The number of benzene rings is 2. The van der Waals surface area contributed by atoms with Gasteiger partial charge in [0, 0.05) is 6.42 Å². The van der Waals surface area contributed by atoms with Gasteiger partial charge in [0.15, 0.2) is 0 Å². The van der Waals surface area contributed by atoms with Crippen molar-refractivity contribution in [3.8, 4) is 0 Å². The van der Waals surface area contributed by atoms with Gasteiger partial charge in [0.2, 0.25) is 5.91 Å². The second-order valence-electron chi connectivity index (χ2n) is 5.61. The fourth-order valence-corrected chi connectivity index (χ4v) is 2.69. The smallest absolute Gasteiger partial charge is 0.407 e. The number of hydrogen-bond donors (Lipinski definition) is 2. The van der Waals surface area contributed by atoms with Crippen LogP contribution in [0.2, 0.25) is 0 Å². The summed E-state index contributed by atoms with van der Waals surface area (Å²) in [6.07, 6.45) is -0.435. The lowest BCUT2D eigenvalue weighted by Gasteiger charge is -2.20. The Morgan fingerprint density at radius 1 is 1.17 bits per heavy atom. The molecule has 2 aromatic carbocycles. The van der Waals surface area contributed by atoms with Crippen molar-refractivity contribution in [1.82, 2.24) is 10.6 Å². The van der Waals surface area contributed by atoms with Gasteiger partial charge in [-0.25, -0.2) is 9.18 Å². The third-order valence-corrected chi connectivity index (χ3v) is 3.87. The zero-order valence-corrected chi connectivity index (χ0v) is 12.9. The Hall–Kier alpha value is -2.89. The fraction of sp³-hybridized carbons (Fsp3) is 0.222. The monoisotopic (exact) mass is 328 g/mol. The van der Waals surface area contributed by atoms with Crippen LogP contribution in [-0.2, 0) is 16.1 Å². The normalized spacial score (nSPS) is 19.6. The summed E-state index contributed by atoms with van der Waals surface area (Å²) < 4.78 is 18.2. The molecule has 0 aliphatic carbocycles. The highest BCUT2D eigenvalue weighted by Crippen LogP contribution is 2.24. The third-order valence-electron chi connectivity index (χ3n) is 3.87. The highest BCUT2D eigenvalue weighted by Gasteiger charge is 2.34.